The molecule has 0 amide bonds. The highest BCUT2D eigenvalue weighted by molar-refractivity contribution is 6.30. The number of hydrogen-bond acceptors (Lipinski definition) is 3. The zero-order valence-corrected chi connectivity index (χ0v) is 11.8. The third-order valence-electron chi connectivity index (χ3n) is 3.50. The second-order valence-corrected chi connectivity index (χ2v) is 5.25. The summed E-state index contributed by atoms with van der Waals surface area (Å²) >= 11 is 5.95. The average Bonchev–Trinajstić information content (AvgIpc) is 2.48. The Kier molecular flexibility index (Phi) is 3.55. The molecule has 0 bridgehead atoms. The van der Waals surface area contributed by atoms with Gasteiger partial charge in [0.25, 0.3) is 0 Å². The van der Waals surface area contributed by atoms with Gasteiger partial charge < -0.3 is 14.6 Å². The fourth-order valence-corrected chi connectivity index (χ4v) is 2.64. The van der Waals surface area contributed by atoms with Gasteiger partial charge in [0.05, 0.1) is 13.2 Å². The molecule has 0 saturated heterocycles. The van der Waals surface area contributed by atoms with Gasteiger partial charge in [0.1, 0.15) is 17.6 Å². The van der Waals surface area contributed by atoms with Crippen LogP contribution in [0.1, 0.15) is 29.8 Å². The molecule has 0 spiro atoms. The molecule has 4 heteroatoms. The van der Waals surface area contributed by atoms with Crippen LogP contribution < -0.4 is 9.47 Å². The van der Waals surface area contributed by atoms with Crippen molar-refractivity contribution in [3.05, 3.63) is 58.6 Å². The van der Waals surface area contributed by atoms with Gasteiger partial charge in [-0.25, -0.2) is 0 Å². The van der Waals surface area contributed by atoms with E-state index in [0.29, 0.717) is 17.2 Å². The summed E-state index contributed by atoms with van der Waals surface area (Å²) < 4.78 is 11.2. The molecular formula is C16H15ClO3. The number of rotatable bonds is 2. The van der Waals surface area contributed by atoms with E-state index in [4.69, 9.17) is 21.1 Å². The predicted molar refractivity (Wildman–Crippen MR) is 77.4 cm³/mol. The summed E-state index contributed by atoms with van der Waals surface area (Å²) in [6.07, 6.45) is -0.261. The summed E-state index contributed by atoms with van der Waals surface area (Å²) in [4.78, 5) is 0. The molecule has 0 fully saturated rings. The van der Waals surface area contributed by atoms with Crippen molar-refractivity contribution in [2.45, 2.75) is 18.6 Å². The lowest BCUT2D eigenvalue weighted by molar-refractivity contribution is 0.0656. The first-order valence-corrected chi connectivity index (χ1v) is 6.83. The Balaban J connectivity index is 1.92. The van der Waals surface area contributed by atoms with E-state index in [2.05, 4.69) is 0 Å². The minimum Gasteiger partial charge on any atom is -0.497 e. The van der Waals surface area contributed by atoms with Crippen molar-refractivity contribution >= 4 is 11.6 Å². The standard InChI is InChI=1S/C16H15ClO3/c1-19-12-4-2-3-10(7-12)16-9-14(18)13-8-11(17)5-6-15(13)20-16/h2-8,14,16,18H,9H2,1H3. The Morgan fingerprint density at radius 2 is 2.10 bits per heavy atom. The summed E-state index contributed by atoms with van der Waals surface area (Å²) in [5.41, 5.74) is 1.74. The molecule has 1 heterocycles. The number of halogens is 1. The molecule has 2 atom stereocenters. The third kappa shape index (κ3) is 2.47. The van der Waals surface area contributed by atoms with Crippen LogP contribution in [0, 0.1) is 0 Å². The number of methoxy groups -OCH3 is 1. The minimum atomic E-state index is -0.575. The van der Waals surface area contributed by atoms with Crippen molar-refractivity contribution in [2.75, 3.05) is 7.11 Å². The summed E-state index contributed by atoms with van der Waals surface area (Å²) in [5.74, 6) is 1.46. The van der Waals surface area contributed by atoms with E-state index >= 15 is 0 Å². The molecule has 1 aliphatic heterocycles. The Bertz CT molecular complexity index is 627. The van der Waals surface area contributed by atoms with E-state index in [9.17, 15) is 5.11 Å². The van der Waals surface area contributed by atoms with E-state index in [0.717, 1.165) is 16.9 Å². The largest absolute Gasteiger partial charge is 0.497 e. The number of benzene rings is 2. The number of aliphatic hydroxyl groups excluding tert-OH is 1. The molecule has 1 N–H and O–H groups in total. The maximum Gasteiger partial charge on any atom is 0.127 e. The van der Waals surface area contributed by atoms with Gasteiger partial charge in [-0.15, -0.1) is 0 Å². The van der Waals surface area contributed by atoms with Crippen molar-refractivity contribution in [3.8, 4) is 11.5 Å². The lowest BCUT2D eigenvalue weighted by Gasteiger charge is -2.30. The summed E-state index contributed by atoms with van der Waals surface area (Å²) in [6, 6.07) is 13.0. The minimum absolute atomic E-state index is 0.186. The smallest absolute Gasteiger partial charge is 0.127 e. The van der Waals surface area contributed by atoms with E-state index in [1.165, 1.54) is 0 Å². The summed E-state index contributed by atoms with van der Waals surface area (Å²) in [6.45, 7) is 0. The normalized spacial score (nSPS) is 20.9. The average molecular weight is 291 g/mol. The molecule has 3 rings (SSSR count). The lowest BCUT2D eigenvalue weighted by atomic mass is 9.95. The summed E-state index contributed by atoms with van der Waals surface area (Å²) in [5, 5.41) is 10.9. The van der Waals surface area contributed by atoms with Gasteiger partial charge in [-0.3, -0.25) is 0 Å². The Morgan fingerprint density at radius 3 is 2.90 bits per heavy atom. The maximum absolute atomic E-state index is 10.3. The Hall–Kier alpha value is -1.71. The maximum atomic E-state index is 10.3. The lowest BCUT2D eigenvalue weighted by Crippen LogP contribution is -2.19. The summed E-state index contributed by atoms with van der Waals surface area (Å²) in [7, 11) is 1.63. The number of aliphatic hydroxyl groups is 1. The van der Waals surface area contributed by atoms with Gasteiger partial charge in [0, 0.05) is 17.0 Å². The van der Waals surface area contributed by atoms with Crippen molar-refractivity contribution in [2.24, 2.45) is 0 Å². The van der Waals surface area contributed by atoms with Crippen LogP contribution in [0.5, 0.6) is 11.5 Å². The van der Waals surface area contributed by atoms with Crippen LogP contribution in [0.4, 0.5) is 0 Å². The monoisotopic (exact) mass is 290 g/mol. The SMILES string of the molecule is COc1cccc(C2CC(O)c3cc(Cl)ccc3O2)c1. The fourth-order valence-electron chi connectivity index (χ4n) is 2.46. The van der Waals surface area contributed by atoms with Crippen LogP contribution in [0.3, 0.4) is 0 Å². The number of fused-ring (bicyclic) bond motifs is 1. The van der Waals surface area contributed by atoms with Crippen LogP contribution in [-0.2, 0) is 0 Å². The van der Waals surface area contributed by atoms with Crippen LogP contribution in [0.2, 0.25) is 5.02 Å². The molecule has 0 radical (unpaired) electrons. The highest BCUT2D eigenvalue weighted by atomic mass is 35.5. The molecule has 20 heavy (non-hydrogen) atoms. The Labute approximate surface area is 122 Å². The quantitative estimate of drug-likeness (QED) is 0.911. The first kappa shape index (κ1) is 13.3. The van der Waals surface area contributed by atoms with Gasteiger partial charge in [-0.1, -0.05) is 23.7 Å². The molecule has 0 saturated carbocycles. The predicted octanol–water partition coefficient (Wildman–Crippen LogP) is 3.91. The molecule has 2 aromatic rings. The topological polar surface area (TPSA) is 38.7 Å². The second kappa shape index (κ2) is 5.35. The highest BCUT2D eigenvalue weighted by Crippen LogP contribution is 2.42. The zero-order chi connectivity index (χ0) is 14.1. The van der Waals surface area contributed by atoms with Crippen LogP contribution >= 0.6 is 11.6 Å². The van der Waals surface area contributed by atoms with Gasteiger partial charge in [-0.2, -0.15) is 0 Å². The molecule has 0 aliphatic carbocycles. The first-order valence-electron chi connectivity index (χ1n) is 6.45. The van der Waals surface area contributed by atoms with E-state index in [1.807, 2.05) is 24.3 Å². The Morgan fingerprint density at radius 1 is 1.25 bits per heavy atom. The van der Waals surface area contributed by atoms with Gasteiger partial charge in [0.15, 0.2) is 0 Å². The van der Waals surface area contributed by atoms with Gasteiger partial charge in [0.2, 0.25) is 0 Å². The van der Waals surface area contributed by atoms with Crippen LogP contribution in [-0.4, -0.2) is 12.2 Å². The first-order chi connectivity index (χ1) is 9.67. The van der Waals surface area contributed by atoms with Crippen LogP contribution in [0.15, 0.2) is 42.5 Å². The molecule has 2 unspecified atom stereocenters. The molecule has 2 aromatic carbocycles. The van der Waals surface area contributed by atoms with E-state index < -0.39 is 6.10 Å². The zero-order valence-electron chi connectivity index (χ0n) is 11.0. The van der Waals surface area contributed by atoms with Crippen LogP contribution in [0.25, 0.3) is 0 Å². The molecule has 1 aliphatic rings. The second-order valence-electron chi connectivity index (χ2n) is 4.82. The molecule has 0 aromatic heterocycles. The molecule has 104 valence electrons. The van der Waals surface area contributed by atoms with Crippen molar-refractivity contribution < 1.29 is 14.6 Å². The highest BCUT2D eigenvalue weighted by Gasteiger charge is 2.28. The van der Waals surface area contributed by atoms with Gasteiger partial charge >= 0.3 is 0 Å². The molecular weight excluding hydrogens is 276 g/mol. The van der Waals surface area contributed by atoms with Crippen molar-refractivity contribution in [1.82, 2.24) is 0 Å². The third-order valence-corrected chi connectivity index (χ3v) is 3.74. The number of hydrogen-bond donors (Lipinski definition) is 1. The van der Waals surface area contributed by atoms with Gasteiger partial charge in [-0.05, 0) is 35.9 Å². The van der Waals surface area contributed by atoms with Crippen molar-refractivity contribution in [1.29, 1.82) is 0 Å². The van der Waals surface area contributed by atoms with E-state index in [1.54, 1.807) is 25.3 Å². The molecule has 3 nitrogen and oxygen atoms in total. The van der Waals surface area contributed by atoms with Crippen molar-refractivity contribution in [3.63, 3.8) is 0 Å². The number of ether oxygens (including phenoxy) is 2. The van der Waals surface area contributed by atoms with E-state index in [-0.39, 0.29) is 6.10 Å². The fraction of sp³-hybridized carbons (Fsp3) is 0.250.